The lowest BCUT2D eigenvalue weighted by atomic mass is 10.1. The summed E-state index contributed by atoms with van der Waals surface area (Å²) in [6.45, 7) is 0. The summed E-state index contributed by atoms with van der Waals surface area (Å²) in [7, 11) is 1.57. The van der Waals surface area contributed by atoms with E-state index in [1.807, 2.05) is 30.3 Å². The first kappa shape index (κ1) is 13.0. The van der Waals surface area contributed by atoms with Gasteiger partial charge in [-0.3, -0.25) is 0 Å². The zero-order chi connectivity index (χ0) is 14.1. The van der Waals surface area contributed by atoms with Crippen molar-refractivity contribution in [2.24, 2.45) is 5.73 Å². The Morgan fingerprint density at radius 2 is 2.15 bits per heavy atom. The molecule has 20 heavy (non-hydrogen) atoms. The van der Waals surface area contributed by atoms with Crippen LogP contribution < -0.4 is 10.5 Å². The second-order valence-electron chi connectivity index (χ2n) is 4.41. The fourth-order valence-electron chi connectivity index (χ4n) is 2.15. The molecule has 2 heterocycles. The van der Waals surface area contributed by atoms with Crippen molar-refractivity contribution in [1.82, 2.24) is 4.98 Å². The Bertz CT molecular complexity index is 754. The molecule has 2 N–H and O–H groups in total. The number of aromatic nitrogens is 1. The highest BCUT2D eigenvalue weighted by Gasteiger charge is 2.18. The number of rotatable bonds is 3. The molecule has 0 bridgehead atoms. The van der Waals surface area contributed by atoms with Crippen LogP contribution in [0.5, 0.6) is 5.88 Å². The van der Waals surface area contributed by atoms with Gasteiger partial charge >= 0.3 is 0 Å². The second-order valence-corrected chi connectivity index (χ2v) is 4.85. The summed E-state index contributed by atoms with van der Waals surface area (Å²) < 4.78 is 11.0. The van der Waals surface area contributed by atoms with E-state index in [2.05, 4.69) is 4.98 Å². The van der Waals surface area contributed by atoms with E-state index < -0.39 is 6.04 Å². The molecule has 1 atom stereocenters. The van der Waals surface area contributed by atoms with Crippen LogP contribution in [0.3, 0.4) is 0 Å². The van der Waals surface area contributed by atoms with Crippen molar-refractivity contribution in [3.8, 4) is 5.88 Å². The predicted molar refractivity (Wildman–Crippen MR) is 78.0 cm³/mol. The Balaban J connectivity index is 2.05. The number of hydrogen-bond donors (Lipinski definition) is 1. The van der Waals surface area contributed by atoms with E-state index in [0.29, 0.717) is 16.7 Å². The number of benzene rings is 1. The first-order valence-corrected chi connectivity index (χ1v) is 6.50. The number of ether oxygens (including phenoxy) is 1. The minimum atomic E-state index is -0.440. The topological polar surface area (TPSA) is 61.3 Å². The van der Waals surface area contributed by atoms with Gasteiger partial charge in [0.15, 0.2) is 0 Å². The lowest BCUT2D eigenvalue weighted by molar-refractivity contribution is 0.387. The van der Waals surface area contributed by atoms with Crippen molar-refractivity contribution in [3.05, 3.63) is 58.9 Å². The summed E-state index contributed by atoms with van der Waals surface area (Å²) in [4.78, 5) is 4.15. The van der Waals surface area contributed by atoms with Crippen molar-refractivity contribution in [1.29, 1.82) is 0 Å². The lowest BCUT2D eigenvalue weighted by Crippen LogP contribution is -2.12. The van der Waals surface area contributed by atoms with Gasteiger partial charge in [-0.05, 0) is 30.3 Å². The highest BCUT2D eigenvalue weighted by Crippen LogP contribution is 2.31. The second kappa shape index (κ2) is 5.15. The quantitative estimate of drug-likeness (QED) is 0.801. The smallest absolute Gasteiger partial charge is 0.218 e. The van der Waals surface area contributed by atoms with Gasteiger partial charge in [-0.1, -0.05) is 17.7 Å². The molecule has 0 saturated carbocycles. The van der Waals surface area contributed by atoms with Crippen LogP contribution in [0.1, 0.15) is 17.4 Å². The Morgan fingerprint density at radius 1 is 1.30 bits per heavy atom. The maximum atomic E-state index is 6.25. The standard InChI is InChI=1S/C15H13ClN2O2/c1-19-15-11(3-2-6-18-15)14(17)13-8-9-7-10(16)4-5-12(9)20-13/h2-8,14H,17H2,1H3. The number of nitrogens with zero attached hydrogens (tertiary/aromatic N) is 1. The van der Waals surface area contributed by atoms with Gasteiger partial charge in [0.25, 0.3) is 0 Å². The van der Waals surface area contributed by atoms with E-state index in [4.69, 9.17) is 26.5 Å². The van der Waals surface area contributed by atoms with Crippen LogP contribution in [-0.4, -0.2) is 12.1 Å². The average molecular weight is 289 g/mol. The summed E-state index contributed by atoms with van der Waals surface area (Å²) in [6, 6.07) is 10.6. The van der Waals surface area contributed by atoms with Gasteiger partial charge in [-0.2, -0.15) is 0 Å². The van der Waals surface area contributed by atoms with Crippen molar-refractivity contribution in [2.45, 2.75) is 6.04 Å². The fraction of sp³-hybridized carbons (Fsp3) is 0.133. The van der Waals surface area contributed by atoms with Crippen LogP contribution in [0.4, 0.5) is 0 Å². The van der Waals surface area contributed by atoms with E-state index in [9.17, 15) is 0 Å². The number of hydrogen-bond acceptors (Lipinski definition) is 4. The molecule has 102 valence electrons. The van der Waals surface area contributed by atoms with Gasteiger partial charge < -0.3 is 14.9 Å². The fourth-order valence-corrected chi connectivity index (χ4v) is 2.33. The largest absolute Gasteiger partial charge is 0.481 e. The molecule has 0 spiro atoms. The normalized spacial score (nSPS) is 12.6. The molecule has 0 aliphatic heterocycles. The maximum absolute atomic E-state index is 6.25. The Hall–Kier alpha value is -2.04. The molecule has 5 heteroatoms. The van der Waals surface area contributed by atoms with Gasteiger partial charge in [-0.25, -0.2) is 4.98 Å². The SMILES string of the molecule is COc1ncccc1C(N)c1cc2cc(Cl)ccc2o1. The number of pyridine rings is 1. The van der Waals surface area contributed by atoms with Crippen LogP contribution in [0, 0.1) is 0 Å². The van der Waals surface area contributed by atoms with Crippen molar-refractivity contribution in [3.63, 3.8) is 0 Å². The summed E-state index contributed by atoms with van der Waals surface area (Å²) >= 11 is 5.97. The number of furan rings is 1. The molecule has 3 rings (SSSR count). The summed E-state index contributed by atoms with van der Waals surface area (Å²) in [6.07, 6.45) is 1.66. The third-order valence-corrected chi connectivity index (χ3v) is 3.37. The first-order valence-electron chi connectivity index (χ1n) is 6.12. The van der Waals surface area contributed by atoms with E-state index in [1.165, 1.54) is 0 Å². The molecule has 3 aromatic rings. The van der Waals surface area contributed by atoms with E-state index in [1.54, 1.807) is 19.4 Å². The molecular weight excluding hydrogens is 276 g/mol. The highest BCUT2D eigenvalue weighted by molar-refractivity contribution is 6.31. The zero-order valence-corrected chi connectivity index (χ0v) is 11.6. The first-order chi connectivity index (χ1) is 9.69. The van der Waals surface area contributed by atoms with E-state index >= 15 is 0 Å². The molecule has 1 unspecified atom stereocenters. The average Bonchev–Trinajstić information content (AvgIpc) is 2.89. The summed E-state index contributed by atoms with van der Waals surface area (Å²) in [5.74, 6) is 1.15. The van der Waals surface area contributed by atoms with Crippen LogP contribution in [0.15, 0.2) is 47.0 Å². The van der Waals surface area contributed by atoms with Crippen LogP contribution in [0.25, 0.3) is 11.0 Å². The van der Waals surface area contributed by atoms with Crippen LogP contribution in [0.2, 0.25) is 5.02 Å². The third kappa shape index (κ3) is 2.24. The molecule has 4 nitrogen and oxygen atoms in total. The van der Waals surface area contributed by atoms with Crippen molar-refractivity contribution in [2.75, 3.05) is 7.11 Å². The number of fused-ring (bicyclic) bond motifs is 1. The minimum absolute atomic E-state index is 0.440. The van der Waals surface area contributed by atoms with Gasteiger partial charge in [0, 0.05) is 22.2 Å². The Morgan fingerprint density at radius 3 is 2.95 bits per heavy atom. The molecule has 0 saturated heterocycles. The van der Waals surface area contributed by atoms with Crippen LogP contribution >= 0.6 is 11.6 Å². The van der Waals surface area contributed by atoms with Gasteiger partial charge in [0.05, 0.1) is 13.2 Å². The molecule has 0 radical (unpaired) electrons. The maximum Gasteiger partial charge on any atom is 0.218 e. The van der Waals surface area contributed by atoms with Gasteiger partial charge in [0.2, 0.25) is 5.88 Å². The molecule has 0 fully saturated rings. The third-order valence-electron chi connectivity index (χ3n) is 3.13. The van der Waals surface area contributed by atoms with Crippen molar-refractivity contribution < 1.29 is 9.15 Å². The number of halogens is 1. The van der Waals surface area contributed by atoms with Crippen molar-refractivity contribution >= 4 is 22.6 Å². The van der Waals surface area contributed by atoms with E-state index in [0.717, 1.165) is 16.5 Å². The molecular formula is C15H13ClN2O2. The number of nitrogens with two attached hydrogens (primary N) is 1. The molecule has 0 aliphatic rings. The Labute approximate surface area is 121 Å². The zero-order valence-electron chi connectivity index (χ0n) is 10.8. The van der Waals surface area contributed by atoms with Crippen LogP contribution in [-0.2, 0) is 0 Å². The van der Waals surface area contributed by atoms with Gasteiger partial charge in [0.1, 0.15) is 11.3 Å². The monoisotopic (exact) mass is 288 g/mol. The summed E-state index contributed by atoms with van der Waals surface area (Å²) in [5, 5.41) is 1.59. The molecule has 2 aromatic heterocycles. The molecule has 0 amide bonds. The minimum Gasteiger partial charge on any atom is -0.481 e. The predicted octanol–water partition coefficient (Wildman–Crippen LogP) is 3.54. The van der Waals surface area contributed by atoms with E-state index in [-0.39, 0.29) is 0 Å². The lowest BCUT2D eigenvalue weighted by Gasteiger charge is -2.12. The summed E-state index contributed by atoms with van der Waals surface area (Å²) in [5.41, 5.74) is 7.78. The molecule has 0 aliphatic carbocycles. The number of methoxy groups -OCH3 is 1. The molecule has 1 aromatic carbocycles. The highest BCUT2D eigenvalue weighted by atomic mass is 35.5. The Kier molecular flexibility index (Phi) is 3.34. The van der Waals surface area contributed by atoms with Gasteiger partial charge in [-0.15, -0.1) is 0 Å².